The van der Waals surface area contributed by atoms with Crippen molar-refractivity contribution in [3.05, 3.63) is 0 Å². The third-order valence-electron chi connectivity index (χ3n) is 5.11. The quantitative estimate of drug-likeness (QED) is 0.761. The molecule has 7 heteroatoms. The molecule has 1 aliphatic carbocycles. The van der Waals surface area contributed by atoms with E-state index in [1.807, 2.05) is 6.92 Å². The lowest BCUT2D eigenvalue weighted by Crippen LogP contribution is -2.53. The highest BCUT2D eigenvalue weighted by Crippen LogP contribution is 2.59. The van der Waals surface area contributed by atoms with E-state index in [1.165, 1.54) is 7.11 Å². The maximum atomic E-state index is 12.5. The van der Waals surface area contributed by atoms with E-state index in [9.17, 15) is 18.0 Å². The van der Waals surface area contributed by atoms with Crippen LogP contribution in [0.5, 0.6) is 0 Å². The predicted octanol–water partition coefficient (Wildman–Crippen LogP) is 1.05. The second-order valence-electron chi connectivity index (χ2n) is 6.83. The molecule has 1 N–H and O–H groups in total. The molecule has 22 heavy (non-hydrogen) atoms. The molecule has 1 spiro atoms. The van der Waals surface area contributed by atoms with Crippen LogP contribution in [-0.4, -0.2) is 44.4 Å². The third kappa shape index (κ3) is 3.29. The van der Waals surface area contributed by atoms with Crippen LogP contribution < -0.4 is 5.32 Å². The van der Waals surface area contributed by atoms with E-state index in [4.69, 9.17) is 4.74 Å². The van der Waals surface area contributed by atoms with Gasteiger partial charge < -0.3 is 10.1 Å². The van der Waals surface area contributed by atoms with Gasteiger partial charge in [-0.05, 0) is 38.0 Å². The molecule has 2 unspecified atom stereocenters. The minimum atomic E-state index is -2.93. The molecule has 2 fully saturated rings. The van der Waals surface area contributed by atoms with E-state index in [-0.39, 0.29) is 28.7 Å². The lowest BCUT2D eigenvalue weighted by Gasteiger charge is -2.29. The van der Waals surface area contributed by atoms with Crippen molar-refractivity contribution in [2.75, 3.05) is 18.6 Å². The van der Waals surface area contributed by atoms with Crippen molar-refractivity contribution in [1.29, 1.82) is 0 Å². The molecule has 2 rings (SSSR count). The van der Waals surface area contributed by atoms with Crippen molar-refractivity contribution in [2.24, 2.45) is 11.3 Å². The summed E-state index contributed by atoms with van der Waals surface area (Å²) in [6, 6.07) is 0. The number of sulfone groups is 1. The summed E-state index contributed by atoms with van der Waals surface area (Å²) in [5.41, 5.74) is -1.18. The lowest BCUT2D eigenvalue weighted by atomic mass is 9.93. The van der Waals surface area contributed by atoms with Crippen LogP contribution in [0.4, 0.5) is 0 Å². The van der Waals surface area contributed by atoms with Crippen LogP contribution >= 0.6 is 0 Å². The fourth-order valence-corrected chi connectivity index (χ4v) is 5.15. The van der Waals surface area contributed by atoms with Crippen molar-refractivity contribution < 1.29 is 22.7 Å². The highest BCUT2D eigenvalue weighted by atomic mass is 32.2. The molecule has 126 valence electrons. The average molecular weight is 331 g/mol. The van der Waals surface area contributed by atoms with Gasteiger partial charge in [0.05, 0.1) is 18.6 Å². The standard InChI is InChI=1S/C15H25NO5S/c1-4-5-14(2,13(18)21-3)16-12(17)11-10-15(11)6-8-22(19,20)9-7-15/h11H,4-10H2,1-3H3,(H,16,17). The Morgan fingerprint density at radius 3 is 2.41 bits per heavy atom. The van der Waals surface area contributed by atoms with Crippen molar-refractivity contribution in [3.63, 3.8) is 0 Å². The van der Waals surface area contributed by atoms with Crippen LogP contribution in [0.1, 0.15) is 46.0 Å². The number of methoxy groups -OCH3 is 1. The average Bonchev–Trinajstić information content (AvgIpc) is 3.17. The molecule has 2 aliphatic rings. The van der Waals surface area contributed by atoms with E-state index >= 15 is 0 Å². The Labute approximate surface area is 131 Å². The normalized spacial score (nSPS) is 27.7. The summed E-state index contributed by atoms with van der Waals surface area (Å²) in [5.74, 6) is -0.437. The molecule has 6 nitrogen and oxygen atoms in total. The number of ether oxygens (including phenoxy) is 1. The number of carbonyl (C=O) groups is 2. The highest BCUT2D eigenvalue weighted by molar-refractivity contribution is 7.91. The smallest absolute Gasteiger partial charge is 0.331 e. The molecule has 1 aliphatic heterocycles. The Hall–Kier alpha value is -1.11. The van der Waals surface area contributed by atoms with Crippen molar-refractivity contribution >= 4 is 21.7 Å². The summed E-state index contributed by atoms with van der Waals surface area (Å²) in [5, 5.41) is 2.84. The minimum absolute atomic E-state index is 0.152. The zero-order valence-corrected chi connectivity index (χ0v) is 14.3. The minimum Gasteiger partial charge on any atom is -0.467 e. The maximum absolute atomic E-state index is 12.5. The van der Waals surface area contributed by atoms with Gasteiger partial charge in [0.2, 0.25) is 5.91 Å². The summed E-state index contributed by atoms with van der Waals surface area (Å²) in [4.78, 5) is 24.4. The highest BCUT2D eigenvalue weighted by Gasteiger charge is 2.60. The van der Waals surface area contributed by atoms with Crippen LogP contribution in [0, 0.1) is 11.3 Å². The van der Waals surface area contributed by atoms with E-state index < -0.39 is 21.3 Å². The molecule has 1 saturated heterocycles. The van der Waals surface area contributed by atoms with Crippen LogP contribution in [0.3, 0.4) is 0 Å². The van der Waals surface area contributed by atoms with Gasteiger partial charge in [-0.25, -0.2) is 13.2 Å². The molecular formula is C15H25NO5S. The van der Waals surface area contributed by atoms with Gasteiger partial charge in [-0.2, -0.15) is 0 Å². The van der Waals surface area contributed by atoms with Gasteiger partial charge in [-0.3, -0.25) is 4.79 Å². The summed E-state index contributed by atoms with van der Waals surface area (Å²) in [6.07, 6.45) is 3.09. The number of hydrogen-bond acceptors (Lipinski definition) is 5. The summed E-state index contributed by atoms with van der Waals surface area (Å²) < 4.78 is 27.8. The van der Waals surface area contributed by atoms with Crippen LogP contribution in [-0.2, 0) is 24.2 Å². The molecule has 1 amide bonds. The molecule has 0 aromatic rings. The molecule has 0 radical (unpaired) electrons. The number of carbonyl (C=O) groups excluding carboxylic acids is 2. The number of esters is 1. The Balaban J connectivity index is 2.00. The molecule has 0 aromatic carbocycles. The molecule has 1 saturated carbocycles. The van der Waals surface area contributed by atoms with Gasteiger partial charge in [0.25, 0.3) is 0 Å². The lowest BCUT2D eigenvalue weighted by molar-refractivity contribution is -0.150. The Morgan fingerprint density at radius 2 is 1.91 bits per heavy atom. The molecule has 0 aromatic heterocycles. The first-order chi connectivity index (χ1) is 10.2. The number of hydrogen-bond donors (Lipinski definition) is 1. The second-order valence-corrected chi connectivity index (χ2v) is 9.14. The SMILES string of the molecule is CCCC(C)(NC(=O)C1CC12CCS(=O)(=O)CC2)C(=O)OC. The van der Waals surface area contributed by atoms with Crippen molar-refractivity contribution in [3.8, 4) is 0 Å². The zero-order chi connectivity index (χ0) is 16.6. The number of amides is 1. The van der Waals surface area contributed by atoms with E-state index in [1.54, 1.807) is 6.92 Å². The van der Waals surface area contributed by atoms with E-state index in [0.29, 0.717) is 19.3 Å². The van der Waals surface area contributed by atoms with E-state index in [2.05, 4.69) is 5.32 Å². The monoisotopic (exact) mass is 331 g/mol. The first-order valence-electron chi connectivity index (χ1n) is 7.79. The van der Waals surface area contributed by atoms with Crippen molar-refractivity contribution in [1.82, 2.24) is 5.32 Å². The van der Waals surface area contributed by atoms with Gasteiger partial charge in [-0.15, -0.1) is 0 Å². The van der Waals surface area contributed by atoms with Crippen LogP contribution in [0.25, 0.3) is 0 Å². The molecule has 0 bridgehead atoms. The fourth-order valence-electron chi connectivity index (χ4n) is 3.52. The van der Waals surface area contributed by atoms with Crippen molar-refractivity contribution in [2.45, 2.75) is 51.5 Å². The van der Waals surface area contributed by atoms with E-state index in [0.717, 1.165) is 12.8 Å². The van der Waals surface area contributed by atoms with Crippen LogP contribution in [0.2, 0.25) is 0 Å². The topological polar surface area (TPSA) is 89.5 Å². The zero-order valence-electron chi connectivity index (χ0n) is 13.5. The summed E-state index contributed by atoms with van der Waals surface area (Å²) >= 11 is 0. The Morgan fingerprint density at radius 1 is 1.32 bits per heavy atom. The third-order valence-corrected chi connectivity index (χ3v) is 6.77. The molecule has 2 atom stereocenters. The summed E-state index contributed by atoms with van der Waals surface area (Å²) in [7, 11) is -1.62. The first kappa shape index (κ1) is 17.2. The Bertz CT molecular complexity index is 556. The van der Waals surface area contributed by atoms with Gasteiger partial charge in [0.1, 0.15) is 15.4 Å². The van der Waals surface area contributed by atoms with Gasteiger partial charge in [0, 0.05) is 5.92 Å². The molecule has 1 heterocycles. The fraction of sp³-hybridized carbons (Fsp3) is 0.867. The van der Waals surface area contributed by atoms with Gasteiger partial charge in [0.15, 0.2) is 0 Å². The number of nitrogens with one attached hydrogen (secondary N) is 1. The number of rotatable bonds is 5. The summed E-state index contributed by atoms with van der Waals surface area (Å²) in [6.45, 7) is 3.62. The van der Waals surface area contributed by atoms with Gasteiger partial charge >= 0.3 is 5.97 Å². The largest absolute Gasteiger partial charge is 0.467 e. The second kappa shape index (κ2) is 5.83. The predicted molar refractivity (Wildman–Crippen MR) is 81.9 cm³/mol. The van der Waals surface area contributed by atoms with Crippen LogP contribution in [0.15, 0.2) is 0 Å². The molecular weight excluding hydrogens is 306 g/mol. The maximum Gasteiger partial charge on any atom is 0.331 e. The Kier molecular flexibility index (Phi) is 4.57. The first-order valence-corrected chi connectivity index (χ1v) is 9.61. The van der Waals surface area contributed by atoms with Gasteiger partial charge in [-0.1, -0.05) is 13.3 Å².